The van der Waals surface area contributed by atoms with Crippen LogP contribution in [0.3, 0.4) is 0 Å². The first-order valence-corrected chi connectivity index (χ1v) is 12.5. The molecule has 0 heterocycles. The molecule has 0 aliphatic heterocycles. The average Bonchev–Trinajstić information content (AvgIpc) is 2.74. The molecule has 0 aromatic heterocycles. The summed E-state index contributed by atoms with van der Waals surface area (Å²) in [6, 6.07) is 2.33. The van der Waals surface area contributed by atoms with E-state index in [9.17, 15) is 27.2 Å². The molecule has 0 saturated carbocycles. The summed E-state index contributed by atoms with van der Waals surface area (Å²) in [7, 11) is 3.20. The molecule has 3 atom stereocenters. The molecule has 0 saturated heterocycles. The number of carbonyl (C=O) groups excluding carboxylic acids is 2. The maximum Gasteiger partial charge on any atom is 0.416 e. The number of benzene rings is 1. The van der Waals surface area contributed by atoms with Gasteiger partial charge in [0.15, 0.2) is 0 Å². The summed E-state index contributed by atoms with van der Waals surface area (Å²) < 4.78 is 52.7. The van der Waals surface area contributed by atoms with Crippen LogP contribution in [-0.2, 0) is 22.2 Å². The highest BCUT2D eigenvalue weighted by atomic mass is 127. The number of nitrogens with zero attached hydrogens (tertiary/aromatic N) is 1. The summed E-state index contributed by atoms with van der Waals surface area (Å²) in [4.78, 5) is 25.3. The maximum absolute atomic E-state index is 13.7. The summed E-state index contributed by atoms with van der Waals surface area (Å²) in [6.45, 7) is 1.87. The number of amides is 2. The minimum atomic E-state index is -4.66. The molecule has 186 valence electrons. The third-order valence-electron chi connectivity index (χ3n) is 5.10. The van der Waals surface area contributed by atoms with Crippen LogP contribution in [0, 0.1) is 17.1 Å². The van der Waals surface area contributed by atoms with Gasteiger partial charge in [-0.2, -0.15) is 13.2 Å². The van der Waals surface area contributed by atoms with Crippen LogP contribution in [0.25, 0.3) is 0 Å². The van der Waals surface area contributed by atoms with Crippen molar-refractivity contribution >= 4 is 51.2 Å². The van der Waals surface area contributed by atoms with Gasteiger partial charge in [0.25, 0.3) is 5.91 Å². The second kappa shape index (κ2) is 12.2. The van der Waals surface area contributed by atoms with E-state index in [0.29, 0.717) is 18.1 Å². The fourth-order valence-electron chi connectivity index (χ4n) is 3.29. The first-order chi connectivity index (χ1) is 15.8. The fraction of sp³-hybridized carbons (Fsp3) is 0.435. The lowest BCUT2D eigenvalue weighted by Gasteiger charge is -2.28. The Morgan fingerprint density at radius 1 is 1.29 bits per heavy atom. The highest BCUT2D eigenvalue weighted by Crippen LogP contribution is 2.35. The maximum atomic E-state index is 13.7. The zero-order chi connectivity index (χ0) is 25.6. The zero-order valence-electron chi connectivity index (χ0n) is 18.9. The predicted molar refractivity (Wildman–Crippen MR) is 135 cm³/mol. The minimum absolute atomic E-state index is 0.00421. The zero-order valence-corrected chi connectivity index (χ0v) is 21.9. The van der Waals surface area contributed by atoms with E-state index < -0.39 is 17.6 Å². The van der Waals surface area contributed by atoms with Crippen molar-refractivity contribution < 1.29 is 27.2 Å². The largest absolute Gasteiger partial charge is 0.416 e. The summed E-state index contributed by atoms with van der Waals surface area (Å²) in [6.07, 6.45) is 1.12. The Balaban J connectivity index is 2.01. The van der Waals surface area contributed by atoms with E-state index in [1.165, 1.54) is 16.7 Å². The number of hydrogen-bond donors (Lipinski definition) is 2. The molecular formula is C23H26F4IN3O2S. The van der Waals surface area contributed by atoms with Crippen LogP contribution >= 0.6 is 34.4 Å². The van der Waals surface area contributed by atoms with Crippen LogP contribution in [-0.4, -0.2) is 51.6 Å². The smallest absolute Gasteiger partial charge is 0.347 e. The molecule has 3 unspecified atom stereocenters. The van der Waals surface area contributed by atoms with E-state index >= 15 is 0 Å². The Morgan fingerprint density at radius 2 is 1.97 bits per heavy atom. The number of rotatable bonds is 8. The van der Waals surface area contributed by atoms with Crippen molar-refractivity contribution in [1.82, 2.24) is 10.2 Å². The lowest BCUT2D eigenvalue weighted by atomic mass is 9.92. The van der Waals surface area contributed by atoms with Crippen LogP contribution in [0.5, 0.6) is 0 Å². The summed E-state index contributed by atoms with van der Waals surface area (Å²) in [5, 5.41) is 11.0. The second-order valence-electron chi connectivity index (χ2n) is 8.09. The van der Waals surface area contributed by atoms with E-state index in [1.54, 1.807) is 26.2 Å². The van der Waals surface area contributed by atoms with E-state index in [0.717, 1.165) is 12.1 Å². The Morgan fingerprint density at radius 3 is 2.50 bits per heavy atom. The summed E-state index contributed by atoms with van der Waals surface area (Å²) >= 11 is 3.48. The van der Waals surface area contributed by atoms with Gasteiger partial charge in [-0.1, -0.05) is 47.7 Å². The van der Waals surface area contributed by atoms with Gasteiger partial charge in [0.2, 0.25) is 5.91 Å². The molecule has 1 aromatic rings. The van der Waals surface area contributed by atoms with Crippen molar-refractivity contribution in [3.8, 4) is 0 Å². The summed E-state index contributed by atoms with van der Waals surface area (Å²) in [5.74, 6) is -1.56. The van der Waals surface area contributed by atoms with Gasteiger partial charge in [-0.15, -0.1) is 11.8 Å². The molecule has 1 aliphatic carbocycles. The molecule has 1 aliphatic rings. The fourth-order valence-corrected chi connectivity index (χ4v) is 5.41. The molecule has 5 nitrogen and oxygen atoms in total. The van der Waals surface area contributed by atoms with Gasteiger partial charge in [0.05, 0.1) is 17.2 Å². The highest BCUT2D eigenvalue weighted by Gasteiger charge is 2.32. The quantitative estimate of drug-likeness (QED) is 0.143. The van der Waals surface area contributed by atoms with Gasteiger partial charge in [0, 0.05) is 35.3 Å². The lowest BCUT2D eigenvalue weighted by Crippen LogP contribution is -2.37. The number of nitrogens with one attached hydrogen (secondary N) is 2. The molecular weight excluding hydrogens is 585 g/mol. The highest BCUT2D eigenvalue weighted by molar-refractivity contribution is 14.1. The molecule has 0 radical (unpaired) electrons. The topological polar surface area (TPSA) is 73.3 Å². The standard InChI is InChI=1S/C23H26F4IN3O2S/c1-13(28)21(15-4-6-16(7-5-15)22(33)30-12-20(32)31(2)3)34-19(29)10-14-8-17(23(25,26)27)11-18(24)9-14/h4,6-9,11,13,15,21,29H,5,10,12H2,1-3H3,(H,30,33). The molecule has 0 bridgehead atoms. The van der Waals surface area contributed by atoms with Crippen LogP contribution in [0.2, 0.25) is 0 Å². The lowest BCUT2D eigenvalue weighted by molar-refractivity contribution is -0.137. The van der Waals surface area contributed by atoms with Crippen molar-refractivity contribution in [3.05, 3.63) is 58.9 Å². The minimum Gasteiger partial charge on any atom is -0.347 e. The van der Waals surface area contributed by atoms with E-state index in [4.69, 9.17) is 5.41 Å². The predicted octanol–water partition coefficient (Wildman–Crippen LogP) is 5.00. The van der Waals surface area contributed by atoms with Crippen LogP contribution in [0.1, 0.15) is 24.5 Å². The van der Waals surface area contributed by atoms with Crippen molar-refractivity contribution in [2.75, 3.05) is 20.6 Å². The van der Waals surface area contributed by atoms with Gasteiger partial charge in [-0.05, 0) is 36.1 Å². The van der Waals surface area contributed by atoms with Gasteiger partial charge >= 0.3 is 6.18 Å². The molecule has 1 aromatic carbocycles. The third-order valence-corrected chi connectivity index (χ3v) is 7.82. The number of thioether (sulfide) groups is 1. The number of allylic oxidation sites excluding steroid dienone is 2. The Bertz CT molecular complexity index is 993. The van der Waals surface area contributed by atoms with Crippen molar-refractivity contribution in [1.29, 1.82) is 5.41 Å². The number of carbonyl (C=O) groups is 2. The van der Waals surface area contributed by atoms with Gasteiger partial charge in [0.1, 0.15) is 5.82 Å². The van der Waals surface area contributed by atoms with Gasteiger partial charge in [-0.25, -0.2) is 4.39 Å². The van der Waals surface area contributed by atoms with Gasteiger partial charge in [-0.3, -0.25) is 15.0 Å². The number of likely N-dealkylation sites (N-methyl/N-ethyl adjacent to an activating group) is 1. The summed E-state index contributed by atoms with van der Waals surface area (Å²) in [5.41, 5.74) is -0.533. The number of alkyl halides is 4. The molecule has 0 spiro atoms. The van der Waals surface area contributed by atoms with Gasteiger partial charge < -0.3 is 10.2 Å². The Hall–Kier alpha value is -1.89. The van der Waals surface area contributed by atoms with Crippen molar-refractivity contribution in [2.24, 2.45) is 5.92 Å². The van der Waals surface area contributed by atoms with E-state index in [1.807, 2.05) is 13.0 Å². The number of halogens is 5. The van der Waals surface area contributed by atoms with Crippen molar-refractivity contribution in [3.63, 3.8) is 0 Å². The normalized spacial score (nSPS) is 17.5. The van der Waals surface area contributed by atoms with E-state index in [-0.39, 0.29) is 50.5 Å². The van der Waals surface area contributed by atoms with Crippen LogP contribution in [0.4, 0.5) is 17.6 Å². The average molecular weight is 611 g/mol. The Labute approximate surface area is 214 Å². The third kappa shape index (κ3) is 8.40. The first-order valence-electron chi connectivity index (χ1n) is 10.4. The molecule has 2 amide bonds. The SMILES string of the molecule is CC(I)C(SC(=N)Cc1cc(F)cc(C(F)(F)F)c1)C1C=CC(C(=O)NCC(=O)N(C)C)=CC1. The molecule has 2 N–H and O–H groups in total. The van der Waals surface area contributed by atoms with Crippen LogP contribution in [0.15, 0.2) is 42.0 Å². The molecule has 11 heteroatoms. The molecule has 0 fully saturated rings. The van der Waals surface area contributed by atoms with Crippen LogP contribution < -0.4 is 5.32 Å². The molecule has 2 rings (SSSR count). The Kier molecular flexibility index (Phi) is 10.2. The second-order valence-corrected chi connectivity index (χ2v) is 11.3. The monoisotopic (exact) mass is 611 g/mol. The van der Waals surface area contributed by atoms with E-state index in [2.05, 4.69) is 27.9 Å². The van der Waals surface area contributed by atoms with Crippen molar-refractivity contribution in [2.45, 2.75) is 35.1 Å². The number of hydrogen-bond acceptors (Lipinski definition) is 4. The first kappa shape index (κ1) is 28.3. The molecule has 34 heavy (non-hydrogen) atoms.